The molecular formula is C14H29N3O. The predicted molar refractivity (Wildman–Crippen MR) is 75.3 cm³/mol. The third-order valence-electron chi connectivity index (χ3n) is 4.18. The average Bonchev–Trinajstić information content (AvgIpc) is 2.28. The summed E-state index contributed by atoms with van der Waals surface area (Å²) in [7, 11) is 0. The van der Waals surface area contributed by atoms with Crippen molar-refractivity contribution in [1.29, 1.82) is 0 Å². The zero-order chi connectivity index (χ0) is 13.8. The second-order valence-electron chi connectivity index (χ2n) is 6.18. The van der Waals surface area contributed by atoms with E-state index in [1.54, 1.807) is 0 Å². The molecule has 1 saturated heterocycles. The molecule has 1 heterocycles. The second kappa shape index (κ2) is 6.53. The summed E-state index contributed by atoms with van der Waals surface area (Å²) >= 11 is 0. The van der Waals surface area contributed by atoms with Crippen LogP contribution in [0.3, 0.4) is 0 Å². The Balaban J connectivity index is 2.52. The van der Waals surface area contributed by atoms with Crippen LogP contribution in [0.4, 0.5) is 0 Å². The van der Waals surface area contributed by atoms with Crippen LogP contribution in [-0.4, -0.2) is 42.0 Å². The van der Waals surface area contributed by atoms with Crippen molar-refractivity contribution < 1.29 is 4.79 Å². The van der Waals surface area contributed by atoms with Crippen molar-refractivity contribution in [3.05, 3.63) is 0 Å². The molecule has 106 valence electrons. The van der Waals surface area contributed by atoms with Crippen molar-refractivity contribution in [1.82, 2.24) is 10.2 Å². The molecule has 1 rings (SSSR count). The molecule has 0 bridgehead atoms. The van der Waals surface area contributed by atoms with Crippen molar-refractivity contribution in [3.63, 3.8) is 0 Å². The number of hydrogen-bond acceptors (Lipinski definition) is 3. The Hall–Kier alpha value is -0.610. The van der Waals surface area contributed by atoms with Gasteiger partial charge in [0.15, 0.2) is 0 Å². The first-order valence-electron chi connectivity index (χ1n) is 7.14. The molecule has 4 nitrogen and oxygen atoms in total. The highest BCUT2D eigenvalue weighted by atomic mass is 16.2. The van der Waals surface area contributed by atoms with Gasteiger partial charge in [-0.25, -0.2) is 0 Å². The van der Waals surface area contributed by atoms with Crippen LogP contribution in [-0.2, 0) is 4.79 Å². The van der Waals surface area contributed by atoms with E-state index < -0.39 is 0 Å². The minimum Gasteiger partial charge on any atom is -0.350 e. The van der Waals surface area contributed by atoms with Crippen LogP contribution in [0.15, 0.2) is 0 Å². The molecule has 3 N–H and O–H groups in total. The molecule has 0 aliphatic carbocycles. The van der Waals surface area contributed by atoms with E-state index >= 15 is 0 Å². The third-order valence-corrected chi connectivity index (χ3v) is 4.18. The zero-order valence-electron chi connectivity index (χ0n) is 12.3. The highest BCUT2D eigenvalue weighted by Gasteiger charge is 2.29. The van der Waals surface area contributed by atoms with E-state index in [0.717, 1.165) is 13.0 Å². The number of carbonyl (C=O) groups excluding carboxylic acids is 1. The number of nitrogens with zero attached hydrogens (tertiary/aromatic N) is 1. The van der Waals surface area contributed by atoms with Gasteiger partial charge in [-0.1, -0.05) is 13.8 Å². The third kappa shape index (κ3) is 4.25. The van der Waals surface area contributed by atoms with E-state index in [9.17, 15) is 4.79 Å². The molecule has 1 amide bonds. The van der Waals surface area contributed by atoms with Crippen molar-refractivity contribution in [2.75, 3.05) is 19.6 Å². The Morgan fingerprint density at radius 3 is 2.72 bits per heavy atom. The van der Waals surface area contributed by atoms with Crippen molar-refractivity contribution in [2.24, 2.45) is 11.7 Å². The largest absolute Gasteiger partial charge is 0.350 e. The molecule has 1 aliphatic heterocycles. The summed E-state index contributed by atoms with van der Waals surface area (Å²) in [6.07, 6.45) is 3.33. The summed E-state index contributed by atoms with van der Waals surface area (Å²) in [5, 5.41) is 3.09. The van der Waals surface area contributed by atoms with E-state index in [2.05, 4.69) is 37.9 Å². The van der Waals surface area contributed by atoms with Crippen molar-refractivity contribution in [2.45, 2.75) is 58.5 Å². The molecule has 2 unspecified atom stereocenters. The number of piperidine rings is 1. The highest BCUT2D eigenvalue weighted by molar-refractivity contribution is 5.78. The summed E-state index contributed by atoms with van der Waals surface area (Å²) in [4.78, 5) is 14.3. The van der Waals surface area contributed by atoms with Gasteiger partial charge in [0.05, 0.1) is 6.54 Å². The van der Waals surface area contributed by atoms with Gasteiger partial charge < -0.3 is 11.1 Å². The number of rotatable bonds is 5. The number of likely N-dealkylation sites (tertiary alicyclic amines) is 1. The molecule has 0 spiro atoms. The summed E-state index contributed by atoms with van der Waals surface area (Å²) in [6, 6.07) is 0.356. The minimum atomic E-state index is -0.114. The maximum Gasteiger partial charge on any atom is 0.234 e. The Morgan fingerprint density at radius 2 is 2.17 bits per heavy atom. The maximum absolute atomic E-state index is 12.1. The number of nitrogens with two attached hydrogens (primary N) is 1. The van der Waals surface area contributed by atoms with Gasteiger partial charge in [0.1, 0.15) is 0 Å². The highest BCUT2D eigenvalue weighted by Crippen LogP contribution is 2.22. The lowest BCUT2D eigenvalue weighted by Gasteiger charge is -2.39. The fraction of sp³-hybridized carbons (Fsp3) is 0.929. The fourth-order valence-electron chi connectivity index (χ4n) is 2.60. The van der Waals surface area contributed by atoms with Crippen LogP contribution in [0.1, 0.15) is 47.0 Å². The van der Waals surface area contributed by atoms with Crippen LogP contribution in [0.25, 0.3) is 0 Å². The first-order chi connectivity index (χ1) is 8.39. The number of carbonyl (C=O) groups is 1. The quantitative estimate of drug-likeness (QED) is 0.779. The normalized spacial score (nSPS) is 26.1. The molecule has 1 aliphatic rings. The summed E-state index contributed by atoms with van der Waals surface area (Å²) in [5.74, 6) is 0.713. The monoisotopic (exact) mass is 255 g/mol. The van der Waals surface area contributed by atoms with Gasteiger partial charge >= 0.3 is 0 Å². The maximum atomic E-state index is 12.1. The van der Waals surface area contributed by atoms with Gasteiger partial charge in [-0.3, -0.25) is 9.69 Å². The first kappa shape index (κ1) is 15.4. The van der Waals surface area contributed by atoms with Crippen LogP contribution >= 0.6 is 0 Å². The second-order valence-corrected chi connectivity index (χ2v) is 6.18. The fourth-order valence-corrected chi connectivity index (χ4v) is 2.60. The first-order valence-corrected chi connectivity index (χ1v) is 7.14. The molecule has 1 fully saturated rings. The SMILES string of the molecule is CCC(C)(C)NC(=O)CN1CCCC(C)C1CN. The minimum absolute atomic E-state index is 0.114. The van der Waals surface area contributed by atoms with Crippen molar-refractivity contribution in [3.8, 4) is 0 Å². The van der Waals surface area contributed by atoms with Gasteiger partial charge in [0.25, 0.3) is 0 Å². The standard InChI is InChI=1S/C14H29N3O/c1-5-14(3,4)16-13(18)10-17-8-6-7-11(2)12(17)9-15/h11-12H,5-10,15H2,1-4H3,(H,16,18). The molecule has 4 heteroatoms. The van der Waals surface area contributed by atoms with Crippen LogP contribution in [0.5, 0.6) is 0 Å². The molecular weight excluding hydrogens is 226 g/mol. The predicted octanol–water partition coefficient (Wildman–Crippen LogP) is 1.35. The van der Waals surface area contributed by atoms with E-state index in [-0.39, 0.29) is 11.4 Å². The molecule has 0 aromatic heterocycles. The van der Waals surface area contributed by atoms with Gasteiger partial charge in [-0.05, 0) is 45.6 Å². The van der Waals surface area contributed by atoms with E-state index in [1.165, 1.54) is 12.8 Å². The summed E-state index contributed by atoms with van der Waals surface area (Å²) < 4.78 is 0. The number of nitrogens with one attached hydrogen (secondary N) is 1. The molecule has 0 aromatic rings. The van der Waals surface area contributed by atoms with E-state index in [0.29, 0.717) is 25.0 Å². The Bertz CT molecular complexity index is 278. The number of amides is 1. The molecule has 2 atom stereocenters. The lowest BCUT2D eigenvalue weighted by Crippen LogP contribution is -2.54. The van der Waals surface area contributed by atoms with Crippen LogP contribution in [0.2, 0.25) is 0 Å². The van der Waals surface area contributed by atoms with E-state index in [4.69, 9.17) is 5.73 Å². The Morgan fingerprint density at radius 1 is 1.50 bits per heavy atom. The zero-order valence-corrected chi connectivity index (χ0v) is 12.3. The molecule has 0 radical (unpaired) electrons. The lowest BCUT2D eigenvalue weighted by atomic mass is 9.91. The smallest absolute Gasteiger partial charge is 0.234 e. The Kier molecular flexibility index (Phi) is 5.60. The Labute approximate surface area is 111 Å². The average molecular weight is 255 g/mol. The molecule has 0 aromatic carbocycles. The van der Waals surface area contributed by atoms with Gasteiger partial charge in [0.2, 0.25) is 5.91 Å². The van der Waals surface area contributed by atoms with Crippen molar-refractivity contribution >= 4 is 5.91 Å². The molecule has 18 heavy (non-hydrogen) atoms. The summed E-state index contributed by atoms with van der Waals surface area (Å²) in [5.41, 5.74) is 5.73. The topological polar surface area (TPSA) is 58.4 Å². The van der Waals surface area contributed by atoms with E-state index in [1.807, 2.05) is 0 Å². The summed E-state index contributed by atoms with van der Waals surface area (Å²) in [6.45, 7) is 10.6. The number of hydrogen-bond donors (Lipinski definition) is 2. The van der Waals surface area contributed by atoms with Gasteiger partial charge in [-0.2, -0.15) is 0 Å². The van der Waals surface area contributed by atoms with Crippen LogP contribution in [0, 0.1) is 5.92 Å². The van der Waals surface area contributed by atoms with Gasteiger partial charge in [-0.15, -0.1) is 0 Å². The molecule has 0 saturated carbocycles. The van der Waals surface area contributed by atoms with Crippen LogP contribution < -0.4 is 11.1 Å². The lowest BCUT2D eigenvalue weighted by molar-refractivity contribution is -0.125. The van der Waals surface area contributed by atoms with Gasteiger partial charge in [0, 0.05) is 18.1 Å².